The fourth-order valence-corrected chi connectivity index (χ4v) is 1.70. The van der Waals surface area contributed by atoms with Crippen molar-refractivity contribution in [2.75, 3.05) is 6.61 Å². The minimum Gasteiger partial charge on any atom is -0.494 e. The zero-order valence-electron chi connectivity index (χ0n) is 10.8. The van der Waals surface area contributed by atoms with E-state index in [2.05, 4.69) is 10.6 Å². The van der Waals surface area contributed by atoms with Gasteiger partial charge in [0.2, 0.25) is 0 Å². The highest BCUT2D eigenvalue weighted by atomic mass is 32.1. The molecule has 18 heavy (non-hydrogen) atoms. The highest BCUT2D eigenvalue weighted by molar-refractivity contribution is 7.80. The van der Waals surface area contributed by atoms with E-state index in [1.54, 1.807) is 18.2 Å². The molecule has 0 heterocycles. The third kappa shape index (κ3) is 4.71. The lowest BCUT2D eigenvalue weighted by Gasteiger charge is -2.12. The van der Waals surface area contributed by atoms with E-state index in [1.807, 2.05) is 26.8 Å². The standard InChI is InChI=1S/C13H18N2O2S/c1-4-17-11-7-5-6-10(8-11)12(16)15-13(18)14-9(2)3/h5-9H,4H2,1-3H3,(H2,14,15,16,18). The molecule has 0 radical (unpaired) electrons. The molecule has 0 atom stereocenters. The maximum atomic E-state index is 11.9. The molecule has 0 saturated heterocycles. The van der Waals surface area contributed by atoms with Crippen LogP contribution in [0.2, 0.25) is 0 Å². The zero-order chi connectivity index (χ0) is 13.5. The first-order valence-corrected chi connectivity index (χ1v) is 6.28. The second-order valence-corrected chi connectivity index (χ2v) is 4.45. The summed E-state index contributed by atoms with van der Waals surface area (Å²) < 4.78 is 5.34. The molecule has 0 saturated carbocycles. The van der Waals surface area contributed by atoms with Gasteiger partial charge in [-0.05, 0) is 51.2 Å². The predicted molar refractivity (Wildman–Crippen MR) is 75.9 cm³/mol. The van der Waals surface area contributed by atoms with Crippen molar-refractivity contribution in [1.82, 2.24) is 10.6 Å². The Balaban J connectivity index is 2.66. The van der Waals surface area contributed by atoms with Crippen LogP contribution in [0.3, 0.4) is 0 Å². The van der Waals surface area contributed by atoms with Crippen LogP contribution in [-0.2, 0) is 0 Å². The molecule has 0 unspecified atom stereocenters. The van der Waals surface area contributed by atoms with E-state index in [1.165, 1.54) is 0 Å². The third-order valence-electron chi connectivity index (χ3n) is 2.05. The summed E-state index contributed by atoms with van der Waals surface area (Å²) in [4.78, 5) is 11.9. The van der Waals surface area contributed by atoms with Crippen LogP contribution < -0.4 is 15.4 Å². The SMILES string of the molecule is CCOc1cccc(C(=O)NC(=S)NC(C)C)c1. The molecule has 98 valence electrons. The number of nitrogens with one attached hydrogen (secondary N) is 2. The molecule has 1 rings (SSSR count). The van der Waals surface area contributed by atoms with Gasteiger partial charge in [-0.25, -0.2) is 0 Å². The van der Waals surface area contributed by atoms with Crippen molar-refractivity contribution in [2.45, 2.75) is 26.8 Å². The van der Waals surface area contributed by atoms with Gasteiger partial charge in [0.25, 0.3) is 5.91 Å². The topological polar surface area (TPSA) is 50.4 Å². The number of hydrogen-bond acceptors (Lipinski definition) is 3. The minimum absolute atomic E-state index is 0.188. The van der Waals surface area contributed by atoms with Crippen molar-refractivity contribution in [1.29, 1.82) is 0 Å². The predicted octanol–water partition coefficient (Wildman–Crippen LogP) is 2.10. The number of benzene rings is 1. The quantitative estimate of drug-likeness (QED) is 0.819. The number of carbonyl (C=O) groups excluding carboxylic acids is 1. The van der Waals surface area contributed by atoms with Crippen LogP contribution in [0, 0.1) is 0 Å². The highest BCUT2D eigenvalue weighted by Gasteiger charge is 2.09. The summed E-state index contributed by atoms with van der Waals surface area (Å²) >= 11 is 5.02. The molecule has 0 fully saturated rings. The Bertz CT molecular complexity index is 433. The summed E-state index contributed by atoms with van der Waals surface area (Å²) in [5, 5.41) is 5.90. The Hall–Kier alpha value is -1.62. The van der Waals surface area contributed by atoms with Crippen molar-refractivity contribution >= 4 is 23.2 Å². The van der Waals surface area contributed by atoms with Crippen LogP contribution in [0.4, 0.5) is 0 Å². The molecule has 0 aromatic heterocycles. The van der Waals surface area contributed by atoms with E-state index < -0.39 is 0 Å². The van der Waals surface area contributed by atoms with Crippen LogP contribution in [-0.4, -0.2) is 23.7 Å². The van der Waals surface area contributed by atoms with Crippen molar-refractivity contribution in [3.05, 3.63) is 29.8 Å². The average molecular weight is 266 g/mol. The molecule has 1 aromatic rings. The molecule has 1 amide bonds. The Morgan fingerprint density at radius 1 is 1.44 bits per heavy atom. The molecular formula is C13H18N2O2S. The minimum atomic E-state index is -0.241. The van der Waals surface area contributed by atoms with Crippen molar-refractivity contribution in [2.24, 2.45) is 0 Å². The van der Waals surface area contributed by atoms with Gasteiger partial charge in [0, 0.05) is 11.6 Å². The molecule has 0 aliphatic heterocycles. The van der Waals surface area contributed by atoms with E-state index in [9.17, 15) is 4.79 Å². The van der Waals surface area contributed by atoms with Gasteiger partial charge >= 0.3 is 0 Å². The summed E-state index contributed by atoms with van der Waals surface area (Å²) in [7, 11) is 0. The molecule has 4 nitrogen and oxygen atoms in total. The summed E-state index contributed by atoms with van der Waals surface area (Å²) in [6.07, 6.45) is 0. The molecule has 1 aromatic carbocycles. The largest absolute Gasteiger partial charge is 0.494 e. The first-order chi connectivity index (χ1) is 8.52. The number of rotatable bonds is 4. The summed E-state index contributed by atoms with van der Waals surface area (Å²) in [6, 6.07) is 7.18. The van der Waals surface area contributed by atoms with E-state index in [0.717, 1.165) is 0 Å². The molecular weight excluding hydrogens is 248 g/mol. The van der Waals surface area contributed by atoms with Crippen LogP contribution >= 0.6 is 12.2 Å². The number of amides is 1. The van der Waals surface area contributed by atoms with Gasteiger partial charge in [-0.15, -0.1) is 0 Å². The molecule has 0 aliphatic rings. The Morgan fingerprint density at radius 2 is 2.17 bits per heavy atom. The number of thiocarbonyl (C=S) groups is 1. The van der Waals surface area contributed by atoms with Crippen LogP contribution in [0.25, 0.3) is 0 Å². The third-order valence-corrected chi connectivity index (χ3v) is 2.27. The fraction of sp³-hybridized carbons (Fsp3) is 0.385. The van der Waals surface area contributed by atoms with E-state index in [-0.39, 0.29) is 11.9 Å². The highest BCUT2D eigenvalue weighted by Crippen LogP contribution is 2.13. The van der Waals surface area contributed by atoms with Crippen molar-refractivity contribution < 1.29 is 9.53 Å². The monoisotopic (exact) mass is 266 g/mol. The van der Waals surface area contributed by atoms with Crippen LogP contribution in [0.15, 0.2) is 24.3 Å². The van der Waals surface area contributed by atoms with Crippen molar-refractivity contribution in [3.8, 4) is 5.75 Å². The van der Waals surface area contributed by atoms with Crippen molar-refractivity contribution in [3.63, 3.8) is 0 Å². The summed E-state index contributed by atoms with van der Waals surface area (Å²) in [6.45, 7) is 6.37. The van der Waals surface area contributed by atoms with Gasteiger partial charge in [0.15, 0.2) is 5.11 Å². The maximum Gasteiger partial charge on any atom is 0.257 e. The number of hydrogen-bond donors (Lipinski definition) is 2. The van der Waals surface area contributed by atoms with E-state index in [4.69, 9.17) is 17.0 Å². The second-order valence-electron chi connectivity index (χ2n) is 4.04. The van der Waals surface area contributed by atoms with Gasteiger partial charge in [0.1, 0.15) is 5.75 Å². The lowest BCUT2D eigenvalue weighted by molar-refractivity contribution is 0.0976. The van der Waals surface area contributed by atoms with E-state index in [0.29, 0.717) is 23.0 Å². The van der Waals surface area contributed by atoms with Crippen LogP contribution in [0.5, 0.6) is 5.75 Å². The van der Waals surface area contributed by atoms with Gasteiger partial charge in [0.05, 0.1) is 6.61 Å². The normalized spacial score (nSPS) is 10.0. The molecule has 0 aliphatic carbocycles. The van der Waals surface area contributed by atoms with E-state index >= 15 is 0 Å². The summed E-state index contributed by atoms with van der Waals surface area (Å²) in [5.41, 5.74) is 0.522. The van der Waals surface area contributed by atoms with Gasteiger partial charge in [-0.2, -0.15) is 0 Å². The summed E-state index contributed by atoms with van der Waals surface area (Å²) in [5.74, 6) is 0.433. The molecule has 5 heteroatoms. The van der Waals surface area contributed by atoms with Gasteiger partial charge < -0.3 is 10.1 Å². The smallest absolute Gasteiger partial charge is 0.257 e. The second kappa shape index (κ2) is 6.96. The van der Waals surface area contributed by atoms with Gasteiger partial charge in [-0.1, -0.05) is 6.07 Å². The Kier molecular flexibility index (Phi) is 5.58. The maximum absolute atomic E-state index is 11.9. The first kappa shape index (κ1) is 14.4. The Labute approximate surface area is 113 Å². The molecule has 2 N–H and O–H groups in total. The Morgan fingerprint density at radius 3 is 2.78 bits per heavy atom. The molecule has 0 spiro atoms. The first-order valence-electron chi connectivity index (χ1n) is 5.87. The lowest BCUT2D eigenvalue weighted by atomic mass is 10.2. The molecule has 0 bridgehead atoms. The van der Waals surface area contributed by atoms with Gasteiger partial charge in [-0.3, -0.25) is 10.1 Å². The number of carbonyl (C=O) groups is 1. The fourth-order valence-electron chi connectivity index (χ4n) is 1.37. The van der Waals surface area contributed by atoms with Crippen LogP contribution in [0.1, 0.15) is 31.1 Å². The number of ether oxygens (including phenoxy) is 1. The zero-order valence-corrected chi connectivity index (χ0v) is 11.6. The average Bonchev–Trinajstić information content (AvgIpc) is 2.28. The lowest BCUT2D eigenvalue weighted by Crippen LogP contribution is -2.42.